The number of benzene rings is 1. The van der Waals surface area contributed by atoms with Gasteiger partial charge in [-0.2, -0.15) is 0 Å². The summed E-state index contributed by atoms with van der Waals surface area (Å²) in [6.45, 7) is 6.65. The van der Waals surface area contributed by atoms with Crippen molar-refractivity contribution in [3.8, 4) is 0 Å². The van der Waals surface area contributed by atoms with E-state index in [1.165, 1.54) is 11.1 Å². The SMILES string of the molecule is CC(C)(C)c1ccc(CCCCC(=O)Cl)cc1. The highest BCUT2D eigenvalue weighted by Gasteiger charge is 2.12. The summed E-state index contributed by atoms with van der Waals surface area (Å²) in [5.74, 6) is 0. The zero-order chi connectivity index (χ0) is 12.9. The van der Waals surface area contributed by atoms with Gasteiger partial charge in [0.05, 0.1) is 0 Å². The molecular formula is C15H21ClO. The molecule has 17 heavy (non-hydrogen) atoms. The molecule has 0 saturated carbocycles. The van der Waals surface area contributed by atoms with Gasteiger partial charge >= 0.3 is 0 Å². The first kappa shape index (κ1) is 14.2. The minimum absolute atomic E-state index is 0.212. The molecule has 1 nitrogen and oxygen atoms in total. The molecule has 0 amide bonds. The van der Waals surface area contributed by atoms with E-state index in [2.05, 4.69) is 45.0 Å². The molecule has 0 heterocycles. The first-order valence-electron chi connectivity index (χ1n) is 6.17. The number of unbranched alkanes of at least 4 members (excludes halogenated alkanes) is 1. The predicted octanol–water partition coefficient (Wildman–Crippen LogP) is 4.46. The van der Waals surface area contributed by atoms with Crippen LogP contribution in [0.3, 0.4) is 0 Å². The van der Waals surface area contributed by atoms with E-state index in [-0.39, 0.29) is 10.7 Å². The van der Waals surface area contributed by atoms with Crippen LogP contribution in [0.2, 0.25) is 0 Å². The molecule has 0 atom stereocenters. The molecule has 0 aliphatic heterocycles. The maximum absolute atomic E-state index is 10.6. The van der Waals surface area contributed by atoms with Crippen molar-refractivity contribution >= 4 is 16.8 Å². The van der Waals surface area contributed by atoms with Gasteiger partial charge in [-0.15, -0.1) is 0 Å². The Kier molecular flexibility index (Phi) is 5.20. The van der Waals surface area contributed by atoms with Crippen LogP contribution in [-0.2, 0) is 16.6 Å². The summed E-state index contributed by atoms with van der Waals surface area (Å²) in [7, 11) is 0. The Morgan fingerprint density at radius 1 is 1.12 bits per heavy atom. The molecule has 0 spiro atoms. The third-order valence-electron chi connectivity index (χ3n) is 2.91. The van der Waals surface area contributed by atoms with Crippen molar-refractivity contribution in [2.24, 2.45) is 0 Å². The lowest BCUT2D eigenvalue weighted by Gasteiger charge is -2.19. The van der Waals surface area contributed by atoms with Gasteiger partial charge in [-0.25, -0.2) is 0 Å². The lowest BCUT2D eigenvalue weighted by atomic mass is 9.86. The van der Waals surface area contributed by atoms with Crippen LogP contribution in [0.4, 0.5) is 0 Å². The van der Waals surface area contributed by atoms with Gasteiger partial charge in [0.25, 0.3) is 0 Å². The topological polar surface area (TPSA) is 17.1 Å². The van der Waals surface area contributed by atoms with E-state index >= 15 is 0 Å². The van der Waals surface area contributed by atoms with E-state index in [1.807, 2.05) is 0 Å². The van der Waals surface area contributed by atoms with Crippen molar-refractivity contribution in [2.45, 2.75) is 51.9 Å². The number of halogens is 1. The van der Waals surface area contributed by atoms with Crippen LogP contribution in [0.15, 0.2) is 24.3 Å². The molecule has 0 unspecified atom stereocenters. The van der Waals surface area contributed by atoms with Gasteiger partial charge < -0.3 is 0 Å². The van der Waals surface area contributed by atoms with E-state index in [0.29, 0.717) is 6.42 Å². The van der Waals surface area contributed by atoms with Crippen molar-refractivity contribution < 1.29 is 4.79 Å². The summed E-state index contributed by atoms with van der Waals surface area (Å²) in [4.78, 5) is 10.6. The molecule has 1 aromatic rings. The minimum atomic E-state index is -0.229. The van der Waals surface area contributed by atoms with Crippen molar-refractivity contribution in [1.29, 1.82) is 0 Å². The van der Waals surface area contributed by atoms with Crippen molar-refractivity contribution in [3.05, 3.63) is 35.4 Å². The Bertz CT molecular complexity index is 360. The quantitative estimate of drug-likeness (QED) is 0.559. The largest absolute Gasteiger partial charge is 0.281 e. The normalized spacial score (nSPS) is 11.5. The summed E-state index contributed by atoms with van der Waals surface area (Å²) >= 11 is 5.29. The number of carbonyl (C=O) groups excluding carboxylic acids is 1. The second kappa shape index (κ2) is 6.20. The molecule has 0 fully saturated rings. The van der Waals surface area contributed by atoms with Gasteiger partial charge in [-0.1, -0.05) is 45.0 Å². The smallest absolute Gasteiger partial charge is 0.221 e. The Balaban J connectivity index is 2.43. The average molecular weight is 253 g/mol. The van der Waals surface area contributed by atoms with Gasteiger partial charge in [0.15, 0.2) is 0 Å². The fraction of sp³-hybridized carbons (Fsp3) is 0.533. The maximum atomic E-state index is 10.6. The molecular weight excluding hydrogens is 232 g/mol. The first-order valence-corrected chi connectivity index (χ1v) is 6.55. The lowest BCUT2D eigenvalue weighted by Crippen LogP contribution is -2.10. The standard InChI is InChI=1S/C15H21ClO/c1-15(2,3)13-10-8-12(9-11-13)6-4-5-7-14(16)17/h8-11H,4-7H2,1-3H3. The van der Waals surface area contributed by atoms with Crippen LogP contribution >= 0.6 is 11.6 Å². The van der Waals surface area contributed by atoms with E-state index in [9.17, 15) is 4.79 Å². The zero-order valence-electron chi connectivity index (χ0n) is 10.9. The Labute approximate surface area is 109 Å². The molecule has 0 radical (unpaired) electrons. The molecule has 1 aromatic carbocycles. The van der Waals surface area contributed by atoms with Crippen LogP contribution in [0.25, 0.3) is 0 Å². The zero-order valence-corrected chi connectivity index (χ0v) is 11.7. The molecule has 0 N–H and O–H groups in total. The first-order chi connectivity index (χ1) is 7.89. The molecule has 1 rings (SSSR count). The van der Waals surface area contributed by atoms with Gasteiger partial charge in [0, 0.05) is 6.42 Å². The van der Waals surface area contributed by atoms with Gasteiger partial charge in [-0.3, -0.25) is 4.79 Å². The minimum Gasteiger partial charge on any atom is -0.281 e. The number of aryl methyl sites for hydroxylation is 1. The summed E-state index contributed by atoms with van der Waals surface area (Å²) in [5, 5.41) is -0.229. The highest BCUT2D eigenvalue weighted by molar-refractivity contribution is 6.63. The molecule has 2 heteroatoms. The number of rotatable bonds is 5. The second-order valence-electron chi connectivity index (χ2n) is 5.51. The number of carbonyl (C=O) groups is 1. The highest BCUT2D eigenvalue weighted by Crippen LogP contribution is 2.22. The monoisotopic (exact) mass is 252 g/mol. The predicted molar refractivity (Wildman–Crippen MR) is 73.6 cm³/mol. The molecule has 0 aromatic heterocycles. The summed E-state index contributed by atoms with van der Waals surface area (Å²) in [5.41, 5.74) is 2.90. The average Bonchev–Trinajstić information content (AvgIpc) is 2.23. The molecule has 0 aliphatic carbocycles. The number of hydrogen-bond acceptors (Lipinski definition) is 1. The maximum Gasteiger partial charge on any atom is 0.221 e. The van der Waals surface area contributed by atoms with E-state index in [4.69, 9.17) is 11.6 Å². The third-order valence-corrected chi connectivity index (χ3v) is 3.10. The molecule has 0 bridgehead atoms. The van der Waals surface area contributed by atoms with E-state index < -0.39 is 0 Å². The summed E-state index contributed by atoms with van der Waals surface area (Å²) in [6.07, 6.45) is 3.41. The van der Waals surface area contributed by atoms with Gasteiger partial charge in [0.1, 0.15) is 0 Å². The van der Waals surface area contributed by atoms with Crippen LogP contribution in [0.1, 0.15) is 51.2 Å². The van der Waals surface area contributed by atoms with Gasteiger partial charge in [0.2, 0.25) is 5.24 Å². The second-order valence-corrected chi connectivity index (χ2v) is 5.93. The highest BCUT2D eigenvalue weighted by atomic mass is 35.5. The van der Waals surface area contributed by atoms with Crippen LogP contribution < -0.4 is 0 Å². The Morgan fingerprint density at radius 2 is 1.71 bits per heavy atom. The fourth-order valence-electron chi connectivity index (χ4n) is 1.76. The summed E-state index contributed by atoms with van der Waals surface area (Å²) in [6, 6.07) is 8.76. The molecule has 0 aliphatic rings. The summed E-state index contributed by atoms with van der Waals surface area (Å²) < 4.78 is 0. The molecule has 94 valence electrons. The van der Waals surface area contributed by atoms with Crippen LogP contribution in [0.5, 0.6) is 0 Å². The van der Waals surface area contributed by atoms with Crippen LogP contribution in [0, 0.1) is 0 Å². The van der Waals surface area contributed by atoms with Crippen molar-refractivity contribution in [2.75, 3.05) is 0 Å². The Hall–Kier alpha value is -0.820. The van der Waals surface area contributed by atoms with E-state index in [0.717, 1.165) is 19.3 Å². The van der Waals surface area contributed by atoms with Crippen molar-refractivity contribution in [1.82, 2.24) is 0 Å². The van der Waals surface area contributed by atoms with Gasteiger partial charge in [-0.05, 0) is 47.4 Å². The number of hydrogen-bond donors (Lipinski definition) is 0. The fourth-order valence-corrected chi connectivity index (χ4v) is 1.90. The Morgan fingerprint density at radius 3 is 2.18 bits per heavy atom. The van der Waals surface area contributed by atoms with E-state index in [1.54, 1.807) is 0 Å². The third kappa shape index (κ3) is 5.36. The van der Waals surface area contributed by atoms with Crippen LogP contribution in [-0.4, -0.2) is 5.24 Å². The van der Waals surface area contributed by atoms with Crippen molar-refractivity contribution in [3.63, 3.8) is 0 Å². The molecule has 0 saturated heterocycles. The lowest BCUT2D eigenvalue weighted by molar-refractivity contribution is -0.111.